The summed E-state index contributed by atoms with van der Waals surface area (Å²) in [5.74, 6) is 0. The molecule has 0 aromatic rings. The van der Waals surface area contributed by atoms with E-state index in [2.05, 4.69) is 10.1 Å². The smallest absolute Gasteiger partial charge is 0.314 e. The molecule has 1 rings (SSSR count). The number of alkyl halides is 3. The molecule has 0 bridgehead atoms. The van der Waals surface area contributed by atoms with Gasteiger partial charge in [0.15, 0.2) is 0 Å². The number of nitrogens with one attached hydrogen (secondary N) is 1. The van der Waals surface area contributed by atoms with Gasteiger partial charge in [0.2, 0.25) is 0 Å². The summed E-state index contributed by atoms with van der Waals surface area (Å²) in [6, 6.07) is 0.358. The van der Waals surface area contributed by atoms with Crippen LogP contribution in [0.15, 0.2) is 0 Å². The zero-order valence-electron chi connectivity index (χ0n) is 7.40. The number of halogens is 3. The number of ether oxygens (including phenoxy) is 1. The van der Waals surface area contributed by atoms with Crippen LogP contribution >= 0.6 is 0 Å². The first-order chi connectivity index (χ1) is 5.99. The Morgan fingerprint density at radius 1 is 1.46 bits per heavy atom. The summed E-state index contributed by atoms with van der Waals surface area (Å²) < 4.78 is 38.3. The summed E-state index contributed by atoms with van der Waals surface area (Å²) in [5.41, 5.74) is 0. The maximum Gasteiger partial charge on any atom is 0.522 e. The Morgan fingerprint density at radius 3 is 2.46 bits per heavy atom. The van der Waals surface area contributed by atoms with E-state index in [1.165, 1.54) is 0 Å². The van der Waals surface area contributed by atoms with E-state index in [4.69, 9.17) is 0 Å². The van der Waals surface area contributed by atoms with Gasteiger partial charge in [-0.3, -0.25) is 9.64 Å². The van der Waals surface area contributed by atoms with Crippen LogP contribution in [0, 0.1) is 0 Å². The van der Waals surface area contributed by atoms with Gasteiger partial charge in [-0.05, 0) is 7.05 Å². The lowest BCUT2D eigenvalue weighted by Gasteiger charge is -2.35. The SMILES string of the molecule is CN(CCOC(F)(F)F)C1CNC1. The van der Waals surface area contributed by atoms with Crippen molar-refractivity contribution in [1.82, 2.24) is 10.2 Å². The molecule has 1 aliphatic heterocycles. The molecule has 13 heavy (non-hydrogen) atoms. The Labute approximate surface area is 74.8 Å². The fourth-order valence-electron chi connectivity index (χ4n) is 1.07. The van der Waals surface area contributed by atoms with E-state index >= 15 is 0 Å². The highest BCUT2D eigenvalue weighted by Gasteiger charge is 2.29. The van der Waals surface area contributed by atoms with E-state index < -0.39 is 6.36 Å². The predicted octanol–water partition coefficient (Wildman–Crippen LogP) is 0.426. The zero-order valence-corrected chi connectivity index (χ0v) is 7.40. The third kappa shape index (κ3) is 3.93. The van der Waals surface area contributed by atoms with Crippen LogP contribution in [-0.4, -0.2) is 50.6 Å². The fraction of sp³-hybridized carbons (Fsp3) is 1.00. The van der Waals surface area contributed by atoms with Crippen molar-refractivity contribution >= 4 is 0 Å². The van der Waals surface area contributed by atoms with Gasteiger partial charge in [0, 0.05) is 25.7 Å². The van der Waals surface area contributed by atoms with Gasteiger partial charge < -0.3 is 5.32 Å². The summed E-state index contributed by atoms with van der Waals surface area (Å²) >= 11 is 0. The van der Waals surface area contributed by atoms with Crippen molar-refractivity contribution < 1.29 is 17.9 Å². The summed E-state index contributed by atoms with van der Waals surface area (Å²) in [5, 5.41) is 3.04. The second-order valence-electron chi connectivity index (χ2n) is 3.09. The first-order valence-electron chi connectivity index (χ1n) is 4.10. The molecule has 1 N–H and O–H groups in total. The van der Waals surface area contributed by atoms with Crippen molar-refractivity contribution in [2.75, 3.05) is 33.3 Å². The van der Waals surface area contributed by atoms with E-state index in [0.717, 1.165) is 13.1 Å². The van der Waals surface area contributed by atoms with Crippen LogP contribution in [0.5, 0.6) is 0 Å². The number of hydrogen-bond donors (Lipinski definition) is 1. The highest BCUT2D eigenvalue weighted by atomic mass is 19.4. The largest absolute Gasteiger partial charge is 0.522 e. The lowest BCUT2D eigenvalue weighted by molar-refractivity contribution is -0.325. The minimum Gasteiger partial charge on any atom is -0.314 e. The molecule has 0 atom stereocenters. The Balaban J connectivity index is 2.04. The number of hydrogen-bond acceptors (Lipinski definition) is 3. The molecule has 1 aliphatic rings. The molecule has 1 heterocycles. The lowest BCUT2D eigenvalue weighted by Crippen LogP contribution is -2.56. The number of nitrogens with zero attached hydrogens (tertiary/aromatic N) is 1. The molecule has 78 valence electrons. The van der Waals surface area contributed by atoms with Crippen molar-refractivity contribution in [3.63, 3.8) is 0 Å². The van der Waals surface area contributed by atoms with Crippen molar-refractivity contribution in [3.8, 4) is 0 Å². The third-order valence-corrected chi connectivity index (χ3v) is 2.09. The van der Waals surface area contributed by atoms with Gasteiger partial charge in [-0.2, -0.15) is 0 Å². The van der Waals surface area contributed by atoms with Crippen LogP contribution in [0.1, 0.15) is 0 Å². The molecule has 0 aromatic heterocycles. The van der Waals surface area contributed by atoms with E-state index in [0.29, 0.717) is 12.6 Å². The van der Waals surface area contributed by atoms with Gasteiger partial charge in [-0.25, -0.2) is 0 Å². The first-order valence-corrected chi connectivity index (χ1v) is 4.10. The van der Waals surface area contributed by atoms with Crippen molar-refractivity contribution in [2.24, 2.45) is 0 Å². The molecule has 3 nitrogen and oxygen atoms in total. The fourth-order valence-corrected chi connectivity index (χ4v) is 1.07. The molecule has 0 saturated carbocycles. The minimum absolute atomic E-state index is 0.295. The molecular weight excluding hydrogens is 185 g/mol. The molecule has 0 unspecified atom stereocenters. The minimum atomic E-state index is -4.50. The maximum atomic E-state index is 11.5. The van der Waals surface area contributed by atoms with Gasteiger partial charge in [-0.1, -0.05) is 0 Å². The topological polar surface area (TPSA) is 24.5 Å². The van der Waals surface area contributed by atoms with Crippen LogP contribution in [0.2, 0.25) is 0 Å². The average molecular weight is 198 g/mol. The standard InChI is InChI=1S/C7H13F3N2O/c1-12(6-4-11-5-6)2-3-13-7(8,9)10/h6,11H,2-5H2,1H3. The highest BCUT2D eigenvalue weighted by molar-refractivity contribution is 4.82. The monoisotopic (exact) mass is 198 g/mol. The molecular formula is C7H13F3N2O. The Morgan fingerprint density at radius 2 is 2.08 bits per heavy atom. The Kier molecular flexibility index (Phi) is 3.52. The van der Waals surface area contributed by atoms with E-state index in [-0.39, 0.29) is 6.61 Å². The molecule has 6 heteroatoms. The Hall–Kier alpha value is -0.330. The molecule has 0 aliphatic carbocycles. The molecule has 1 fully saturated rings. The highest BCUT2D eigenvalue weighted by Crippen LogP contribution is 2.15. The van der Waals surface area contributed by atoms with Gasteiger partial charge in [-0.15, -0.1) is 13.2 Å². The number of rotatable bonds is 4. The maximum absolute atomic E-state index is 11.5. The van der Waals surface area contributed by atoms with Crippen LogP contribution in [0.3, 0.4) is 0 Å². The molecule has 0 amide bonds. The van der Waals surface area contributed by atoms with Crippen molar-refractivity contribution in [2.45, 2.75) is 12.4 Å². The summed E-state index contributed by atoms with van der Waals surface area (Å²) in [4.78, 5) is 1.86. The second-order valence-corrected chi connectivity index (χ2v) is 3.09. The van der Waals surface area contributed by atoms with E-state index in [1.807, 2.05) is 4.90 Å². The number of likely N-dealkylation sites (N-methyl/N-ethyl adjacent to an activating group) is 1. The Bertz CT molecular complexity index is 158. The second kappa shape index (κ2) is 4.26. The molecule has 0 spiro atoms. The van der Waals surface area contributed by atoms with Gasteiger partial charge in [0.1, 0.15) is 0 Å². The first kappa shape index (κ1) is 10.7. The normalized spacial score (nSPS) is 19.2. The summed E-state index contributed by atoms with van der Waals surface area (Å²) in [6.07, 6.45) is -4.50. The summed E-state index contributed by atoms with van der Waals surface area (Å²) in [6.45, 7) is 1.72. The van der Waals surface area contributed by atoms with Crippen LogP contribution < -0.4 is 5.32 Å². The molecule has 0 radical (unpaired) electrons. The third-order valence-electron chi connectivity index (χ3n) is 2.09. The van der Waals surface area contributed by atoms with Crippen LogP contribution in [-0.2, 0) is 4.74 Å². The van der Waals surface area contributed by atoms with Crippen LogP contribution in [0.25, 0.3) is 0 Å². The van der Waals surface area contributed by atoms with Crippen molar-refractivity contribution in [3.05, 3.63) is 0 Å². The van der Waals surface area contributed by atoms with Crippen LogP contribution in [0.4, 0.5) is 13.2 Å². The molecule has 0 aromatic carbocycles. The van der Waals surface area contributed by atoms with Gasteiger partial charge in [0.05, 0.1) is 6.61 Å². The summed E-state index contributed by atoms with van der Waals surface area (Å²) in [7, 11) is 1.80. The van der Waals surface area contributed by atoms with Gasteiger partial charge >= 0.3 is 6.36 Å². The quantitative estimate of drug-likeness (QED) is 0.708. The molecule has 1 saturated heterocycles. The predicted molar refractivity (Wildman–Crippen MR) is 41.3 cm³/mol. The van der Waals surface area contributed by atoms with E-state index in [1.54, 1.807) is 7.05 Å². The van der Waals surface area contributed by atoms with E-state index in [9.17, 15) is 13.2 Å². The lowest BCUT2D eigenvalue weighted by atomic mass is 10.1. The van der Waals surface area contributed by atoms with Gasteiger partial charge in [0.25, 0.3) is 0 Å². The zero-order chi connectivity index (χ0) is 9.90. The average Bonchev–Trinajstić information content (AvgIpc) is 1.79. The van der Waals surface area contributed by atoms with Crippen molar-refractivity contribution in [1.29, 1.82) is 0 Å².